The maximum atomic E-state index is 6.96. The highest BCUT2D eigenvalue weighted by molar-refractivity contribution is 7.26. The van der Waals surface area contributed by atoms with Crippen LogP contribution in [-0.4, -0.2) is 0 Å². The zero-order valence-corrected chi connectivity index (χ0v) is 34.2. The Labute approximate surface area is 358 Å². The lowest BCUT2D eigenvalue weighted by Crippen LogP contribution is -2.10. The van der Waals surface area contributed by atoms with Gasteiger partial charge in [0.25, 0.3) is 0 Å². The summed E-state index contributed by atoms with van der Waals surface area (Å²) in [6.07, 6.45) is 8.83. The van der Waals surface area contributed by atoms with Gasteiger partial charge >= 0.3 is 0 Å². The lowest BCUT2D eigenvalue weighted by atomic mass is 9.93. The second-order valence-corrected chi connectivity index (χ2v) is 17.0. The molecule has 0 unspecified atom stereocenters. The first-order valence-electron chi connectivity index (χ1n) is 21.0. The van der Waals surface area contributed by atoms with Gasteiger partial charge in [-0.2, -0.15) is 0 Å². The van der Waals surface area contributed by atoms with Crippen LogP contribution in [0.15, 0.2) is 217 Å². The van der Waals surface area contributed by atoms with Gasteiger partial charge in [-0.05, 0) is 106 Å². The summed E-state index contributed by atoms with van der Waals surface area (Å²) in [6, 6.07) is 70.7. The van der Waals surface area contributed by atoms with Gasteiger partial charge in [0.1, 0.15) is 11.2 Å². The van der Waals surface area contributed by atoms with Gasteiger partial charge in [0.05, 0.1) is 5.69 Å². The summed E-state index contributed by atoms with van der Waals surface area (Å²) >= 11 is 1.86. The molecule has 2 aromatic heterocycles. The Bertz CT molecular complexity index is 3500. The van der Waals surface area contributed by atoms with Crippen LogP contribution in [0.5, 0.6) is 0 Å². The van der Waals surface area contributed by atoms with E-state index in [1.165, 1.54) is 64.6 Å². The van der Waals surface area contributed by atoms with Crippen molar-refractivity contribution in [1.82, 2.24) is 0 Å². The predicted molar refractivity (Wildman–Crippen MR) is 261 cm³/mol. The number of rotatable bonds is 7. The molecular weight excluding hydrogens is 759 g/mol. The fourth-order valence-electron chi connectivity index (χ4n) is 9.39. The summed E-state index contributed by atoms with van der Waals surface area (Å²) in [5.41, 5.74) is 14.9. The zero-order chi connectivity index (χ0) is 40.3. The molecule has 1 aliphatic rings. The minimum Gasteiger partial charge on any atom is -0.455 e. The van der Waals surface area contributed by atoms with Gasteiger partial charge in [-0.15, -0.1) is 11.3 Å². The average molecular weight is 798 g/mol. The number of anilines is 3. The topological polar surface area (TPSA) is 16.4 Å². The lowest BCUT2D eigenvalue weighted by molar-refractivity contribution is 0.674. The van der Waals surface area contributed by atoms with Crippen LogP contribution in [0, 0.1) is 0 Å². The van der Waals surface area contributed by atoms with Gasteiger partial charge in [0.15, 0.2) is 0 Å². The SMILES string of the molecule is C1=CCCC(c2ccc(N(c3ccc(-c4cccc5c4oc4c6ccccc6c(-c6ccc(-c7ccccc7)cc6)cc54)cc3)c3cccc4sc5ccccc5c34)cc2)=C1. The van der Waals surface area contributed by atoms with E-state index in [0.29, 0.717) is 0 Å². The van der Waals surface area contributed by atoms with E-state index in [2.05, 4.69) is 217 Å². The maximum absolute atomic E-state index is 6.96. The van der Waals surface area contributed by atoms with E-state index in [4.69, 9.17) is 4.42 Å². The molecule has 0 bridgehead atoms. The van der Waals surface area contributed by atoms with Gasteiger partial charge in [0.2, 0.25) is 0 Å². The van der Waals surface area contributed by atoms with Crippen molar-refractivity contribution in [3.8, 4) is 33.4 Å². The van der Waals surface area contributed by atoms with E-state index in [-0.39, 0.29) is 0 Å². The van der Waals surface area contributed by atoms with Crippen molar-refractivity contribution < 1.29 is 4.42 Å². The highest BCUT2D eigenvalue weighted by Crippen LogP contribution is 2.47. The molecule has 0 atom stereocenters. The van der Waals surface area contributed by atoms with Crippen LogP contribution < -0.4 is 4.90 Å². The zero-order valence-electron chi connectivity index (χ0n) is 33.4. The summed E-state index contributed by atoms with van der Waals surface area (Å²) in [7, 11) is 0. The fraction of sp³-hybridized carbons (Fsp3) is 0.0345. The van der Waals surface area contributed by atoms with Gasteiger partial charge in [-0.1, -0.05) is 164 Å². The molecule has 288 valence electrons. The molecule has 0 saturated carbocycles. The van der Waals surface area contributed by atoms with E-state index in [0.717, 1.165) is 62.7 Å². The van der Waals surface area contributed by atoms with Gasteiger partial charge in [-0.3, -0.25) is 0 Å². The molecule has 9 aromatic carbocycles. The second kappa shape index (κ2) is 14.7. The Morgan fingerprint density at radius 3 is 1.79 bits per heavy atom. The minimum absolute atomic E-state index is 0.904. The van der Waals surface area contributed by atoms with Crippen molar-refractivity contribution in [2.45, 2.75) is 12.8 Å². The van der Waals surface area contributed by atoms with Crippen LogP contribution in [0.2, 0.25) is 0 Å². The molecule has 3 heteroatoms. The average Bonchev–Trinajstić information content (AvgIpc) is 3.92. The molecule has 12 rings (SSSR count). The number of hydrogen-bond donors (Lipinski definition) is 0. The van der Waals surface area contributed by atoms with E-state index >= 15 is 0 Å². The van der Waals surface area contributed by atoms with Crippen LogP contribution in [0.3, 0.4) is 0 Å². The first-order valence-corrected chi connectivity index (χ1v) is 21.9. The molecule has 11 aromatic rings. The smallest absolute Gasteiger partial charge is 0.143 e. The monoisotopic (exact) mass is 797 g/mol. The molecule has 0 amide bonds. The van der Waals surface area contributed by atoms with Crippen molar-refractivity contribution in [2.75, 3.05) is 4.90 Å². The number of benzene rings is 9. The van der Waals surface area contributed by atoms with Crippen molar-refractivity contribution in [2.24, 2.45) is 0 Å². The molecule has 0 spiro atoms. The Hall–Kier alpha value is -7.46. The van der Waals surface area contributed by atoms with Crippen molar-refractivity contribution >= 4 is 86.9 Å². The number of thiophene rings is 1. The molecule has 0 N–H and O–H groups in total. The highest BCUT2D eigenvalue weighted by atomic mass is 32.1. The molecule has 0 radical (unpaired) electrons. The summed E-state index contributed by atoms with van der Waals surface area (Å²) < 4.78 is 9.54. The lowest BCUT2D eigenvalue weighted by Gasteiger charge is -2.27. The van der Waals surface area contributed by atoms with E-state index < -0.39 is 0 Å². The number of allylic oxidation sites excluding steroid dienone is 4. The van der Waals surface area contributed by atoms with Gasteiger partial charge in [0, 0.05) is 53.3 Å². The molecule has 0 saturated heterocycles. The molecule has 0 aliphatic heterocycles. The third-order valence-corrected chi connectivity index (χ3v) is 13.5. The number of nitrogens with zero attached hydrogens (tertiary/aromatic N) is 1. The van der Waals surface area contributed by atoms with E-state index in [1.807, 2.05) is 11.3 Å². The first-order chi connectivity index (χ1) is 30.2. The Morgan fingerprint density at radius 1 is 0.426 bits per heavy atom. The first kappa shape index (κ1) is 35.5. The Kier molecular flexibility index (Phi) is 8.53. The predicted octanol–water partition coefficient (Wildman–Crippen LogP) is 17.3. The second-order valence-electron chi connectivity index (χ2n) is 15.9. The Balaban J connectivity index is 0.972. The van der Waals surface area contributed by atoms with Crippen molar-refractivity contribution in [1.29, 1.82) is 0 Å². The van der Waals surface area contributed by atoms with Crippen LogP contribution in [0.25, 0.3) is 91.8 Å². The number of para-hydroxylation sites is 1. The van der Waals surface area contributed by atoms with Crippen molar-refractivity contribution in [3.63, 3.8) is 0 Å². The van der Waals surface area contributed by atoms with E-state index in [1.54, 1.807) is 0 Å². The summed E-state index contributed by atoms with van der Waals surface area (Å²) in [4.78, 5) is 2.42. The molecule has 1 aliphatic carbocycles. The molecule has 2 heterocycles. The number of furan rings is 1. The largest absolute Gasteiger partial charge is 0.455 e. The van der Waals surface area contributed by atoms with Crippen LogP contribution in [-0.2, 0) is 0 Å². The van der Waals surface area contributed by atoms with Crippen LogP contribution in [0.4, 0.5) is 17.1 Å². The number of hydrogen-bond acceptors (Lipinski definition) is 3. The summed E-state index contributed by atoms with van der Waals surface area (Å²) in [5, 5.41) is 7.11. The van der Waals surface area contributed by atoms with Crippen LogP contribution >= 0.6 is 11.3 Å². The van der Waals surface area contributed by atoms with Gasteiger partial charge in [-0.25, -0.2) is 0 Å². The standard InChI is InChI=1S/C58H39NOS/c1-3-13-38(14-4-1)40-25-27-43(28-26-40)51-37-52-49-21-11-20-46(57(49)60-58(52)48-18-8-7-17-47(48)51)42-31-35-45(36-32-42)59(44-33-29-41(30-34-44)39-15-5-2-6-16-39)53-22-12-24-55-56(53)50-19-9-10-23-54(50)61-55/h1-5,7-15,17-37H,6,16H2. The normalized spacial score (nSPS) is 12.8. The number of fused-ring (bicyclic) bond motifs is 8. The third-order valence-electron chi connectivity index (χ3n) is 12.4. The Morgan fingerprint density at radius 2 is 1.02 bits per heavy atom. The minimum atomic E-state index is 0.904. The fourth-order valence-corrected chi connectivity index (χ4v) is 10.5. The maximum Gasteiger partial charge on any atom is 0.143 e. The molecular formula is C58H39NOS. The summed E-state index contributed by atoms with van der Waals surface area (Å²) in [5.74, 6) is 0. The summed E-state index contributed by atoms with van der Waals surface area (Å²) in [6.45, 7) is 0. The molecule has 61 heavy (non-hydrogen) atoms. The highest BCUT2D eigenvalue weighted by Gasteiger charge is 2.21. The molecule has 0 fully saturated rings. The van der Waals surface area contributed by atoms with Crippen LogP contribution in [0.1, 0.15) is 18.4 Å². The molecule has 2 nitrogen and oxygen atoms in total. The quantitative estimate of drug-likeness (QED) is 0.160. The van der Waals surface area contributed by atoms with E-state index in [9.17, 15) is 0 Å². The third kappa shape index (κ3) is 6.08. The van der Waals surface area contributed by atoms with Crippen molar-refractivity contribution in [3.05, 3.63) is 218 Å². The van der Waals surface area contributed by atoms with Gasteiger partial charge < -0.3 is 9.32 Å².